The molecule has 1 fully saturated rings. The van der Waals surface area contributed by atoms with Crippen molar-refractivity contribution in [3.05, 3.63) is 30.1 Å². The molecule has 0 radical (unpaired) electrons. The standard InChI is InChI=1S/C17H24N4O/c1-2-21-11-5-6-13(21)12-18-17(22)10-9-16-19-14-7-3-4-8-15(14)20-16/h3-4,7-8,13H,2,5-6,9-12H2,1H3,(H,18,22)(H,19,20)/t13-/m0/s1. The summed E-state index contributed by atoms with van der Waals surface area (Å²) >= 11 is 0. The number of carbonyl (C=O) groups excluding carboxylic acids is 1. The van der Waals surface area contributed by atoms with Crippen molar-refractivity contribution in [3.63, 3.8) is 0 Å². The zero-order valence-electron chi connectivity index (χ0n) is 13.1. The molecule has 0 saturated carbocycles. The molecule has 2 N–H and O–H groups in total. The van der Waals surface area contributed by atoms with Gasteiger partial charge in [-0.15, -0.1) is 0 Å². The second-order valence-electron chi connectivity index (χ2n) is 5.93. The van der Waals surface area contributed by atoms with Gasteiger partial charge in [-0.25, -0.2) is 4.98 Å². The Bertz CT molecular complexity index is 603. The van der Waals surface area contributed by atoms with Crippen molar-refractivity contribution < 1.29 is 4.79 Å². The van der Waals surface area contributed by atoms with Gasteiger partial charge in [0.25, 0.3) is 0 Å². The smallest absolute Gasteiger partial charge is 0.220 e. The normalized spacial score (nSPS) is 18.9. The van der Waals surface area contributed by atoms with Gasteiger partial charge in [0.1, 0.15) is 5.82 Å². The molecule has 1 aromatic heterocycles. The van der Waals surface area contributed by atoms with Gasteiger partial charge in [-0.3, -0.25) is 9.69 Å². The van der Waals surface area contributed by atoms with E-state index < -0.39 is 0 Å². The first kappa shape index (κ1) is 15.0. The zero-order valence-corrected chi connectivity index (χ0v) is 13.1. The van der Waals surface area contributed by atoms with Crippen molar-refractivity contribution in [2.24, 2.45) is 0 Å². The lowest BCUT2D eigenvalue weighted by Crippen LogP contribution is -2.40. The lowest BCUT2D eigenvalue weighted by molar-refractivity contribution is -0.121. The van der Waals surface area contributed by atoms with Gasteiger partial charge < -0.3 is 10.3 Å². The number of rotatable bonds is 6. The van der Waals surface area contributed by atoms with Crippen LogP contribution in [0.3, 0.4) is 0 Å². The van der Waals surface area contributed by atoms with Gasteiger partial charge >= 0.3 is 0 Å². The van der Waals surface area contributed by atoms with Crippen molar-refractivity contribution in [1.82, 2.24) is 20.2 Å². The Balaban J connectivity index is 1.46. The van der Waals surface area contributed by atoms with Crippen LogP contribution in [0.4, 0.5) is 0 Å². The van der Waals surface area contributed by atoms with E-state index in [4.69, 9.17) is 0 Å². The average molecular weight is 300 g/mol. The van der Waals surface area contributed by atoms with Gasteiger partial charge in [0.2, 0.25) is 5.91 Å². The molecule has 5 heteroatoms. The molecule has 1 aliphatic heterocycles. The Hall–Kier alpha value is -1.88. The number of benzene rings is 1. The van der Waals surface area contributed by atoms with Crippen LogP contribution in [0.15, 0.2) is 24.3 Å². The third kappa shape index (κ3) is 3.47. The van der Waals surface area contributed by atoms with Crippen molar-refractivity contribution in [2.45, 2.75) is 38.6 Å². The third-order valence-electron chi connectivity index (χ3n) is 4.47. The van der Waals surface area contributed by atoms with Crippen molar-refractivity contribution in [2.75, 3.05) is 19.6 Å². The number of aromatic nitrogens is 2. The summed E-state index contributed by atoms with van der Waals surface area (Å²) in [6.45, 7) is 5.18. The molecular weight excluding hydrogens is 276 g/mol. The lowest BCUT2D eigenvalue weighted by atomic mass is 10.2. The molecule has 0 aliphatic carbocycles. The summed E-state index contributed by atoms with van der Waals surface area (Å²) < 4.78 is 0. The van der Waals surface area contributed by atoms with Crippen LogP contribution >= 0.6 is 0 Å². The fraction of sp³-hybridized carbons (Fsp3) is 0.529. The van der Waals surface area contributed by atoms with Gasteiger partial charge in [0, 0.05) is 25.4 Å². The molecular formula is C17H24N4O. The van der Waals surface area contributed by atoms with Gasteiger partial charge in [0.15, 0.2) is 0 Å². The zero-order chi connectivity index (χ0) is 15.4. The number of aryl methyl sites for hydroxylation is 1. The molecule has 5 nitrogen and oxygen atoms in total. The van der Waals surface area contributed by atoms with Crippen LogP contribution in [0.5, 0.6) is 0 Å². The highest BCUT2D eigenvalue weighted by Gasteiger charge is 2.22. The van der Waals surface area contributed by atoms with Gasteiger partial charge in [-0.05, 0) is 38.1 Å². The summed E-state index contributed by atoms with van der Waals surface area (Å²) in [6.07, 6.45) is 3.58. The molecule has 0 unspecified atom stereocenters. The molecule has 1 amide bonds. The Morgan fingerprint density at radius 1 is 1.45 bits per heavy atom. The Kier molecular flexibility index (Phi) is 4.73. The predicted molar refractivity (Wildman–Crippen MR) is 87.7 cm³/mol. The molecule has 1 saturated heterocycles. The van der Waals surface area contributed by atoms with Gasteiger partial charge in [-0.2, -0.15) is 0 Å². The molecule has 3 rings (SSSR count). The van der Waals surface area contributed by atoms with Crippen LogP contribution in [-0.2, 0) is 11.2 Å². The summed E-state index contributed by atoms with van der Waals surface area (Å²) in [4.78, 5) is 22.2. The van der Waals surface area contributed by atoms with E-state index in [0.29, 0.717) is 18.9 Å². The molecule has 118 valence electrons. The molecule has 2 heterocycles. The summed E-state index contributed by atoms with van der Waals surface area (Å²) in [5, 5.41) is 3.07. The highest BCUT2D eigenvalue weighted by Crippen LogP contribution is 2.15. The van der Waals surface area contributed by atoms with E-state index in [0.717, 1.165) is 36.5 Å². The Morgan fingerprint density at radius 3 is 3.14 bits per heavy atom. The van der Waals surface area contributed by atoms with E-state index >= 15 is 0 Å². The van der Waals surface area contributed by atoms with Crippen LogP contribution in [0.2, 0.25) is 0 Å². The first-order chi connectivity index (χ1) is 10.8. The number of amides is 1. The molecule has 0 spiro atoms. The predicted octanol–water partition coefficient (Wildman–Crippen LogP) is 2.10. The number of aromatic amines is 1. The largest absolute Gasteiger partial charge is 0.355 e. The van der Waals surface area contributed by atoms with Crippen LogP contribution in [0, 0.1) is 0 Å². The Morgan fingerprint density at radius 2 is 2.32 bits per heavy atom. The number of para-hydroxylation sites is 2. The quantitative estimate of drug-likeness (QED) is 0.859. The van der Waals surface area contributed by atoms with Crippen LogP contribution in [-0.4, -0.2) is 46.5 Å². The van der Waals surface area contributed by atoms with Crippen molar-refractivity contribution in [1.29, 1.82) is 0 Å². The Labute approximate surface area is 131 Å². The number of hydrogen-bond acceptors (Lipinski definition) is 3. The third-order valence-corrected chi connectivity index (χ3v) is 4.47. The number of fused-ring (bicyclic) bond motifs is 1. The molecule has 2 aromatic rings. The summed E-state index contributed by atoms with van der Waals surface area (Å²) in [5.74, 6) is 0.996. The minimum atomic E-state index is 0.114. The minimum Gasteiger partial charge on any atom is -0.355 e. The summed E-state index contributed by atoms with van der Waals surface area (Å²) in [6, 6.07) is 8.46. The first-order valence-electron chi connectivity index (χ1n) is 8.20. The van der Waals surface area contributed by atoms with Crippen molar-refractivity contribution in [3.8, 4) is 0 Å². The number of likely N-dealkylation sites (N-methyl/N-ethyl adjacent to an activating group) is 1. The molecule has 0 bridgehead atoms. The van der Waals surface area contributed by atoms with E-state index in [1.165, 1.54) is 12.8 Å². The van der Waals surface area contributed by atoms with Crippen LogP contribution < -0.4 is 5.32 Å². The number of nitrogens with zero attached hydrogens (tertiary/aromatic N) is 2. The minimum absolute atomic E-state index is 0.114. The molecule has 22 heavy (non-hydrogen) atoms. The van der Waals surface area contributed by atoms with Gasteiger partial charge in [-0.1, -0.05) is 19.1 Å². The summed E-state index contributed by atoms with van der Waals surface area (Å²) in [5.41, 5.74) is 1.99. The second kappa shape index (κ2) is 6.92. The number of H-pyrrole nitrogens is 1. The maximum atomic E-state index is 12.0. The van der Waals surface area contributed by atoms with Crippen LogP contribution in [0.25, 0.3) is 11.0 Å². The second-order valence-corrected chi connectivity index (χ2v) is 5.93. The molecule has 1 aliphatic rings. The fourth-order valence-electron chi connectivity index (χ4n) is 3.22. The highest BCUT2D eigenvalue weighted by atomic mass is 16.1. The van der Waals surface area contributed by atoms with Crippen molar-refractivity contribution >= 4 is 16.9 Å². The number of imidazole rings is 1. The maximum Gasteiger partial charge on any atom is 0.220 e. The first-order valence-corrected chi connectivity index (χ1v) is 8.20. The van der Waals surface area contributed by atoms with E-state index in [2.05, 4.69) is 27.1 Å². The summed E-state index contributed by atoms with van der Waals surface area (Å²) in [7, 11) is 0. The molecule has 1 atom stereocenters. The van der Waals surface area contributed by atoms with E-state index in [1.54, 1.807) is 0 Å². The topological polar surface area (TPSA) is 61.0 Å². The van der Waals surface area contributed by atoms with E-state index in [-0.39, 0.29) is 5.91 Å². The average Bonchev–Trinajstić information content (AvgIpc) is 3.16. The monoisotopic (exact) mass is 300 g/mol. The fourth-order valence-corrected chi connectivity index (χ4v) is 3.22. The van der Waals surface area contributed by atoms with Gasteiger partial charge in [0.05, 0.1) is 11.0 Å². The molecule has 1 aromatic carbocycles. The SMILES string of the molecule is CCN1CCC[C@H]1CNC(=O)CCc1nc2ccccc2[nH]1. The van der Waals surface area contributed by atoms with Crippen LogP contribution in [0.1, 0.15) is 32.0 Å². The van der Waals surface area contributed by atoms with E-state index in [9.17, 15) is 4.79 Å². The highest BCUT2D eigenvalue weighted by molar-refractivity contribution is 5.77. The van der Waals surface area contributed by atoms with E-state index in [1.807, 2.05) is 24.3 Å². The lowest BCUT2D eigenvalue weighted by Gasteiger charge is -2.22. The number of likely N-dealkylation sites (tertiary alicyclic amines) is 1. The number of carbonyl (C=O) groups is 1. The maximum absolute atomic E-state index is 12.0. The number of nitrogens with one attached hydrogen (secondary N) is 2. The number of hydrogen-bond donors (Lipinski definition) is 2.